The number of amides is 4. The van der Waals surface area contributed by atoms with E-state index in [0.717, 1.165) is 22.3 Å². The number of anilines is 1. The first-order valence-corrected chi connectivity index (χ1v) is 17.1. The minimum Gasteiger partial charge on any atom is -0.444 e. The van der Waals surface area contributed by atoms with Gasteiger partial charge < -0.3 is 30.2 Å². The molecule has 0 saturated carbocycles. The number of nitrogens with one attached hydrogen (secondary N) is 3. The van der Waals surface area contributed by atoms with Crippen molar-refractivity contribution >= 4 is 29.6 Å². The van der Waals surface area contributed by atoms with Crippen molar-refractivity contribution in [3.05, 3.63) is 109 Å². The maximum atomic E-state index is 13.8. The molecular weight excluding hydrogens is 644 g/mol. The van der Waals surface area contributed by atoms with Crippen LogP contribution >= 0.6 is 0 Å². The van der Waals surface area contributed by atoms with E-state index in [1.807, 2.05) is 91.9 Å². The summed E-state index contributed by atoms with van der Waals surface area (Å²) in [5.74, 6) is -1.01. The van der Waals surface area contributed by atoms with Crippen molar-refractivity contribution in [3.8, 4) is 11.1 Å². The van der Waals surface area contributed by atoms with Gasteiger partial charge in [-0.2, -0.15) is 0 Å². The number of aromatic nitrogens is 2. The first-order chi connectivity index (χ1) is 24.0. The van der Waals surface area contributed by atoms with Crippen molar-refractivity contribution in [3.63, 3.8) is 0 Å². The molecule has 4 aromatic rings. The number of hydrogen-bond donors (Lipinski definition) is 3. The number of ether oxygens (including phenoxy) is 1. The Labute approximate surface area is 300 Å². The first-order valence-electron chi connectivity index (χ1n) is 17.1. The summed E-state index contributed by atoms with van der Waals surface area (Å²) in [7, 11) is 3.39. The highest BCUT2D eigenvalue weighted by Gasteiger charge is 2.39. The quantitative estimate of drug-likeness (QED) is 0.154. The summed E-state index contributed by atoms with van der Waals surface area (Å²) in [6.45, 7) is 10.1. The first kappa shape index (κ1) is 38.4. The molecule has 1 unspecified atom stereocenters. The molecule has 0 aliphatic rings. The standard InChI is InChI=1S/C40H50N6O5/c1-38(2,3)51-37(50)44-39(4,5)35(48)42-32(21-15-18-28-16-11-9-12-17-28)34(47)43-33-26-46(27-41-33)40(6,36(49)45(7)8)31-24-22-30(23-25-31)29-19-13-10-14-20-29/h9-14,16-17,19-20,22-27,32H,15,18,21H2,1-8H3,(H,42,48)(H,43,47)(H,44,50)/t32-,40?/m1/s1. The number of hydrogen-bond acceptors (Lipinski definition) is 6. The Kier molecular flexibility index (Phi) is 12.1. The second-order valence-electron chi connectivity index (χ2n) is 14.5. The Hall–Kier alpha value is -5.45. The molecule has 0 aliphatic carbocycles. The van der Waals surface area contributed by atoms with E-state index in [9.17, 15) is 19.2 Å². The highest BCUT2D eigenvalue weighted by molar-refractivity contribution is 5.98. The third-order valence-corrected chi connectivity index (χ3v) is 8.53. The van der Waals surface area contributed by atoms with Gasteiger partial charge >= 0.3 is 6.09 Å². The number of carbonyl (C=O) groups is 4. The average Bonchev–Trinajstić information content (AvgIpc) is 3.55. The third-order valence-electron chi connectivity index (χ3n) is 8.53. The molecule has 11 nitrogen and oxygen atoms in total. The monoisotopic (exact) mass is 694 g/mol. The smallest absolute Gasteiger partial charge is 0.408 e. The molecule has 0 aliphatic heterocycles. The minimum atomic E-state index is -1.38. The van der Waals surface area contributed by atoms with Crippen molar-refractivity contribution in [2.45, 2.75) is 83.5 Å². The van der Waals surface area contributed by atoms with E-state index >= 15 is 0 Å². The van der Waals surface area contributed by atoms with Crippen LogP contribution in [0, 0.1) is 0 Å². The second-order valence-corrected chi connectivity index (χ2v) is 14.5. The van der Waals surface area contributed by atoms with Crippen LogP contribution in [0.3, 0.4) is 0 Å². The zero-order valence-corrected chi connectivity index (χ0v) is 30.8. The Morgan fingerprint density at radius 3 is 2.00 bits per heavy atom. The van der Waals surface area contributed by atoms with Gasteiger partial charge in [0.2, 0.25) is 11.8 Å². The molecule has 11 heteroatoms. The lowest BCUT2D eigenvalue weighted by atomic mass is 9.88. The lowest BCUT2D eigenvalue weighted by Crippen LogP contribution is -2.58. The molecule has 2 atom stereocenters. The maximum absolute atomic E-state index is 13.8. The van der Waals surface area contributed by atoms with Crippen molar-refractivity contribution in [1.29, 1.82) is 0 Å². The fourth-order valence-electron chi connectivity index (χ4n) is 5.66. The van der Waals surface area contributed by atoms with Gasteiger partial charge in [-0.15, -0.1) is 0 Å². The fourth-order valence-corrected chi connectivity index (χ4v) is 5.66. The van der Waals surface area contributed by atoms with Crippen molar-refractivity contribution < 1.29 is 23.9 Å². The molecule has 3 aromatic carbocycles. The van der Waals surface area contributed by atoms with Crippen LogP contribution in [0.15, 0.2) is 97.5 Å². The van der Waals surface area contributed by atoms with Gasteiger partial charge in [-0.1, -0.05) is 84.9 Å². The lowest BCUT2D eigenvalue weighted by molar-refractivity contribution is -0.135. The second kappa shape index (κ2) is 16.1. The highest BCUT2D eigenvalue weighted by Crippen LogP contribution is 2.31. The van der Waals surface area contributed by atoms with Crippen LogP contribution < -0.4 is 16.0 Å². The molecule has 4 rings (SSSR count). The maximum Gasteiger partial charge on any atom is 0.408 e. The largest absolute Gasteiger partial charge is 0.444 e. The Morgan fingerprint density at radius 1 is 0.824 bits per heavy atom. The van der Waals surface area contributed by atoms with Crippen LogP contribution in [0.1, 0.15) is 65.5 Å². The SMILES string of the molecule is CN(C)C(=O)C(C)(c1ccc(-c2ccccc2)cc1)n1cnc(NC(=O)[C@@H](CCCc2ccccc2)NC(=O)C(C)(C)NC(=O)OC(C)(C)C)c1. The zero-order valence-electron chi connectivity index (χ0n) is 30.8. The molecule has 1 aromatic heterocycles. The minimum absolute atomic E-state index is 0.184. The highest BCUT2D eigenvalue weighted by atomic mass is 16.6. The van der Waals surface area contributed by atoms with Gasteiger partial charge in [0.05, 0.1) is 6.33 Å². The third kappa shape index (κ3) is 10.1. The van der Waals surface area contributed by atoms with Gasteiger partial charge in [-0.05, 0) is 83.1 Å². The molecule has 0 saturated heterocycles. The van der Waals surface area contributed by atoms with Crippen LogP contribution in [-0.4, -0.2) is 69.5 Å². The van der Waals surface area contributed by atoms with Crippen LogP contribution in [-0.2, 0) is 31.1 Å². The normalized spacial score (nSPS) is 13.3. The van der Waals surface area contributed by atoms with Gasteiger partial charge in [-0.3, -0.25) is 14.4 Å². The van der Waals surface area contributed by atoms with Crippen LogP contribution in [0.2, 0.25) is 0 Å². The Bertz CT molecular complexity index is 1800. The predicted molar refractivity (Wildman–Crippen MR) is 199 cm³/mol. The number of carbonyl (C=O) groups excluding carboxylic acids is 4. The topological polar surface area (TPSA) is 135 Å². The number of rotatable bonds is 13. The van der Waals surface area contributed by atoms with Crippen LogP contribution in [0.4, 0.5) is 10.6 Å². The van der Waals surface area contributed by atoms with Gasteiger partial charge in [0.1, 0.15) is 22.7 Å². The van der Waals surface area contributed by atoms with Crippen molar-refractivity contribution in [2.75, 3.05) is 19.4 Å². The average molecular weight is 695 g/mol. The number of aryl methyl sites for hydroxylation is 1. The molecule has 0 radical (unpaired) electrons. The molecule has 0 fully saturated rings. The lowest BCUT2D eigenvalue weighted by Gasteiger charge is -2.33. The Balaban J connectivity index is 1.56. The summed E-state index contributed by atoms with van der Waals surface area (Å²) < 4.78 is 7.02. The summed E-state index contributed by atoms with van der Waals surface area (Å²) in [4.78, 5) is 59.5. The van der Waals surface area contributed by atoms with E-state index in [1.165, 1.54) is 11.2 Å². The van der Waals surface area contributed by atoms with E-state index in [-0.39, 0.29) is 11.7 Å². The molecule has 0 spiro atoms. The summed E-state index contributed by atoms with van der Waals surface area (Å²) in [5.41, 5.74) is 0.604. The van der Waals surface area contributed by atoms with Crippen LogP contribution in [0.25, 0.3) is 11.1 Å². The van der Waals surface area contributed by atoms with Crippen LogP contribution in [0.5, 0.6) is 0 Å². The molecule has 51 heavy (non-hydrogen) atoms. The number of imidazole rings is 1. The zero-order chi connectivity index (χ0) is 37.4. The van der Waals surface area contributed by atoms with E-state index in [0.29, 0.717) is 19.3 Å². The molecule has 0 bridgehead atoms. The van der Waals surface area contributed by atoms with Gasteiger partial charge in [0.25, 0.3) is 5.91 Å². The van der Waals surface area contributed by atoms with Crippen molar-refractivity contribution in [2.24, 2.45) is 0 Å². The number of alkyl carbamates (subject to hydrolysis) is 1. The summed E-state index contributed by atoms with van der Waals surface area (Å²) in [6.07, 6.45) is 4.00. The number of likely N-dealkylation sites (N-methyl/N-ethyl adjacent to an activating group) is 1. The Morgan fingerprint density at radius 2 is 1.41 bits per heavy atom. The van der Waals surface area contributed by atoms with E-state index in [1.54, 1.807) is 59.5 Å². The van der Waals surface area contributed by atoms with E-state index in [2.05, 4.69) is 20.9 Å². The summed E-state index contributed by atoms with van der Waals surface area (Å²) >= 11 is 0. The van der Waals surface area contributed by atoms with Gasteiger partial charge in [0, 0.05) is 20.3 Å². The summed E-state index contributed by atoms with van der Waals surface area (Å²) in [6, 6.07) is 26.7. The van der Waals surface area contributed by atoms with E-state index in [4.69, 9.17) is 4.74 Å². The fraction of sp³-hybridized carbons (Fsp3) is 0.375. The molecule has 270 valence electrons. The molecular formula is C40H50N6O5. The summed E-state index contributed by atoms with van der Waals surface area (Å²) in [5, 5.41) is 8.27. The van der Waals surface area contributed by atoms with Gasteiger partial charge in [0.15, 0.2) is 5.82 Å². The van der Waals surface area contributed by atoms with E-state index < -0.39 is 40.6 Å². The molecule has 1 heterocycles. The molecule has 3 N–H and O–H groups in total. The molecule has 4 amide bonds. The van der Waals surface area contributed by atoms with Gasteiger partial charge in [-0.25, -0.2) is 9.78 Å². The number of nitrogens with zero attached hydrogens (tertiary/aromatic N) is 3. The van der Waals surface area contributed by atoms with Crippen molar-refractivity contribution in [1.82, 2.24) is 25.1 Å². The number of benzene rings is 3. The predicted octanol–water partition coefficient (Wildman–Crippen LogP) is 6.15.